The topological polar surface area (TPSA) is 88.0 Å². The third-order valence-corrected chi connectivity index (χ3v) is 4.21. The summed E-state index contributed by atoms with van der Waals surface area (Å²) in [5.74, 6) is -1.48. The Morgan fingerprint density at radius 2 is 1.37 bits per heavy atom. The van der Waals surface area contributed by atoms with Crippen molar-refractivity contribution in [3.05, 3.63) is 107 Å². The van der Waals surface area contributed by atoms with Crippen molar-refractivity contribution >= 4 is 5.97 Å². The van der Waals surface area contributed by atoms with Crippen LogP contribution < -0.4 is 10.8 Å². The van der Waals surface area contributed by atoms with Crippen molar-refractivity contribution < 1.29 is 20.7 Å². The number of aliphatic hydroxyl groups excluding tert-OH is 1. The van der Waals surface area contributed by atoms with E-state index in [9.17, 15) is 9.90 Å². The van der Waals surface area contributed by atoms with Gasteiger partial charge in [0.1, 0.15) is 12.1 Å². The molecule has 0 heterocycles. The van der Waals surface area contributed by atoms with Crippen molar-refractivity contribution in [1.29, 1.82) is 0 Å². The van der Waals surface area contributed by atoms with Crippen molar-refractivity contribution in [3.63, 3.8) is 0 Å². The Hall–Kier alpha value is -2.95. The molecule has 0 unspecified atom stereocenters. The van der Waals surface area contributed by atoms with Crippen molar-refractivity contribution in [2.45, 2.75) is 25.5 Å². The molecule has 0 aliphatic heterocycles. The largest absolute Gasteiger partial charge is 0.547 e. The highest BCUT2D eigenvalue weighted by atomic mass is 16.4. The first kappa shape index (κ1) is 20.4. The molecule has 0 aliphatic rings. The molecule has 4 N–H and O–H groups in total. The molecule has 0 aromatic heterocycles. The first-order chi connectivity index (χ1) is 13.0. The van der Waals surface area contributed by atoms with Crippen molar-refractivity contribution in [1.82, 2.24) is 0 Å². The van der Waals surface area contributed by atoms with Crippen molar-refractivity contribution in [3.8, 4) is 0 Å². The van der Waals surface area contributed by atoms with Gasteiger partial charge in [0.15, 0.2) is 0 Å². The molecule has 4 heteroatoms. The molecule has 4 nitrogen and oxygen atoms in total. The Kier molecular flexibility index (Phi) is 7.74. The number of hydrogen-bond donors (Lipinski definition) is 2. The second-order valence-corrected chi connectivity index (χ2v) is 6.43. The van der Waals surface area contributed by atoms with E-state index in [4.69, 9.17) is 5.11 Å². The zero-order chi connectivity index (χ0) is 19.6. The summed E-state index contributed by atoms with van der Waals surface area (Å²) in [7, 11) is 0. The van der Waals surface area contributed by atoms with Crippen molar-refractivity contribution in [2.75, 3.05) is 0 Å². The fraction of sp³-hybridized carbons (Fsp3) is 0.174. The van der Waals surface area contributed by atoms with Crippen molar-refractivity contribution in [2.24, 2.45) is 0 Å². The predicted octanol–water partition coefficient (Wildman–Crippen LogP) is 1.99. The maximum absolute atomic E-state index is 10.1. The van der Waals surface area contributed by atoms with E-state index in [1.165, 1.54) is 28.8 Å². The number of aryl methyl sites for hydroxylation is 1. The summed E-state index contributed by atoms with van der Waals surface area (Å²) in [6.45, 7) is 2.11. The van der Waals surface area contributed by atoms with Gasteiger partial charge >= 0.3 is 0 Å². The number of quaternary nitrogens is 1. The highest BCUT2D eigenvalue weighted by molar-refractivity contribution is 5.71. The van der Waals surface area contributed by atoms with Gasteiger partial charge in [0, 0.05) is 12.0 Å². The van der Waals surface area contributed by atoms with Gasteiger partial charge < -0.3 is 20.7 Å². The molecule has 0 saturated carbocycles. The molecule has 2 atom stereocenters. The Morgan fingerprint density at radius 1 is 0.889 bits per heavy atom. The van der Waals surface area contributed by atoms with E-state index in [-0.39, 0.29) is 0 Å². The minimum atomic E-state index is -1.52. The molecule has 3 aromatic carbocycles. The Labute approximate surface area is 159 Å². The second kappa shape index (κ2) is 10.3. The third-order valence-electron chi connectivity index (χ3n) is 4.21. The van der Waals surface area contributed by atoms with E-state index in [0.29, 0.717) is 11.6 Å². The van der Waals surface area contributed by atoms with Gasteiger partial charge in [0.2, 0.25) is 0 Å². The van der Waals surface area contributed by atoms with Crippen LogP contribution in [0.15, 0.2) is 84.9 Å². The van der Waals surface area contributed by atoms with Gasteiger partial charge in [0.25, 0.3) is 0 Å². The zero-order valence-corrected chi connectivity index (χ0v) is 15.4. The van der Waals surface area contributed by atoms with Gasteiger partial charge in [-0.2, -0.15) is 0 Å². The molecule has 0 spiro atoms. The molecule has 27 heavy (non-hydrogen) atoms. The average molecular weight is 363 g/mol. The van der Waals surface area contributed by atoms with Crippen LogP contribution in [0.3, 0.4) is 0 Å². The minimum absolute atomic E-state index is 0.337. The van der Waals surface area contributed by atoms with E-state index >= 15 is 0 Å². The molecule has 0 radical (unpaired) electrons. The molecule has 0 bridgehead atoms. The van der Waals surface area contributed by atoms with Gasteiger partial charge in [-0.05, 0) is 18.1 Å². The first-order valence-corrected chi connectivity index (χ1v) is 8.85. The van der Waals surface area contributed by atoms with E-state index in [1.807, 2.05) is 6.07 Å². The van der Waals surface area contributed by atoms with Crippen LogP contribution in [-0.4, -0.2) is 11.1 Å². The van der Waals surface area contributed by atoms with Crippen LogP contribution >= 0.6 is 0 Å². The number of aliphatic hydroxyl groups is 1. The number of hydrogen-bond acceptors (Lipinski definition) is 3. The van der Waals surface area contributed by atoms with Crippen LogP contribution in [0.25, 0.3) is 0 Å². The number of rotatable bonds is 5. The smallest absolute Gasteiger partial charge is 0.118 e. The molecular formula is C23H25NO3. The lowest BCUT2D eigenvalue weighted by molar-refractivity contribution is -0.426. The van der Waals surface area contributed by atoms with Gasteiger partial charge in [-0.1, -0.05) is 90.5 Å². The lowest BCUT2D eigenvalue weighted by atomic mass is 9.99. The molecule has 0 amide bonds. The van der Waals surface area contributed by atoms with Crippen LogP contribution in [-0.2, 0) is 11.2 Å². The van der Waals surface area contributed by atoms with E-state index < -0.39 is 12.1 Å². The van der Waals surface area contributed by atoms with Gasteiger partial charge in [0.05, 0.1) is 5.97 Å². The third kappa shape index (κ3) is 6.70. The van der Waals surface area contributed by atoms with Crippen LogP contribution in [0.5, 0.6) is 0 Å². The second-order valence-electron chi connectivity index (χ2n) is 6.43. The molecule has 3 aromatic rings. The molecule has 3 rings (SSSR count). The maximum Gasteiger partial charge on any atom is 0.118 e. The summed E-state index contributed by atoms with van der Waals surface area (Å²) in [6, 6.07) is 27.6. The minimum Gasteiger partial charge on any atom is -0.547 e. The number of carboxylic acid groups (broad SMARTS) is 1. The lowest BCUT2D eigenvalue weighted by Gasteiger charge is -2.10. The van der Waals surface area contributed by atoms with Crippen LogP contribution in [0.1, 0.15) is 34.4 Å². The normalized spacial score (nSPS) is 12.4. The summed E-state index contributed by atoms with van der Waals surface area (Å²) < 4.78 is 0. The Balaban J connectivity index is 0.000000208. The SMILES string of the molecule is Cc1ccc(C[C@@H]([NH3+])c2ccccc2)cc1.O=C([O-])[C@@H](O)c1ccccc1. The quantitative estimate of drug-likeness (QED) is 0.727. The molecule has 0 aliphatic carbocycles. The number of carbonyl (C=O) groups is 1. The fourth-order valence-electron chi connectivity index (χ4n) is 2.62. The number of aliphatic carboxylic acids is 1. The molecule has 0 fully saturated rings. The highest BCUT2D eigenvalue weighted by Gasteiger charge is 2.09. The summed E-state index contributed by atoms with van der Waals surface area (Å²) in [6.07, 6.45) is -0.513. The van der Waals surface area contributed by atoms with Gasteiger partial charge in [-0.3, -0.25) is 0 Å². The first-order valence-electron chi connectivity index (χ1n) is 8.85. The predicted molar refractivity (Wildman–Crippen MR) is 103 cm³/mol. The number of carboxylic acids is 1. The van der Waals surface area contributed by atoms with Crippen LogP contribution in [0.4, 0.5) is 0 Å². The van der Waals surface area contributed by atoms with E-state index in [2.05, 4.69) is 61.2 Å². The summed E-state index contributed by atoms with van der Waals surface area (Å²) in [4.78, 5) is 10.1. The highest BCUT2D eigenvalue weighted by Crippen LogP contribution is 2.14. The Bertz CT molecular complexity index is 817. The maximum atomic E-state index is 10.1. The number of carbonyl (C=O) groups excluding carboxylic acids is 1. The Morgan fingerprint density at radius 3 is 1.85 bits per heavy atom. The standard InChI is InChI=1S/C15H17N.C8H8O3/c1-12-7-9-13(10-8-12)11-15(16)14-5-3-2-4-6-14;9-7(8(10)11)6-4-2-1-3-5-6/h2-10,15H,11,16H2,1H3;1-5,7,9H,(H,10,11)/t15-;7-/m10/s1. The molecule has 0 saturated heterocycles. The summed E-state index contributed by atoms with van der Waals surface area (Å²) in [5, 5.41) is 19.1. The average Bonchev–Trinajstić information content (AvgIpc) is 2.71. The van der Waals surface area contributed by atoms with Crippen LogP contribution in [0.2, 0.25) is 0 Å². The van der Waals surface area contributed by atoms with E-state index in [0.717, 1.165) is 6.42 Å². The summed E-state index contributed by atoms with van der Waals surface area (Å²) >= 11 is 0. The summed E-state index contributed by atoms with van der Waals surface area (Å²) in [5.41, 5.74) is 8.54. The van der Waals surface area contributed by atoms with E-state index in [1.54, 1.807) is 18.2 Å². The molecule has 140 valence electrons. The molecular weight excluding hydrogens is 338 g/mol. The number of benzene rings is 3. The van der Waals surface area contributed by atoms with Gasteiger partial charge in [-0.15, -0.1) is 0 Å². The fourth-order valence-corrected chi connectivity index (χ4v) is 2.62. The van der Waals surface area contributed by atoms with Crippen LogP contribution in [0, 0.1) is 6.92 Å². The lowest BCUT2D eigenvalue weighted by Crippen LogP contribution is -2.54. The monoisotopic (exact) mass is 363 g/mol. The zero-order valence-electron chi connectivity index (χ0n) is 15.4. The van der Waals surface area contributed by atoms with Gasteiger partial charge in [-0.25, -0.2) is 0 Å².